The predicted octanol–water partition coefficient (Wildman–Crippen LogP) is 2.62. The van der Waals surface area contributed by atoms with Gasteiger partial charge in [-0.3, -0.25) is 0 Å². The molecule has 0 saturated heterocycles. The van der Waals surface area contributed by atoms with E-state index in [1.54, 1.807) is 0 Å². The second kappa shape index (κ2) is 3.35. The van der Waals surface area contributed by atoms with Crippen LogP contribution in [-0.4, -0.2) is 15.5 Å². The Labute approximate surface area is 86.7 Å². The van der Waals surface area contributed by atoms with Crippen LogP contribution >= 0.6 is 11.6 Å². The third-order valence-electron chi connectivity index (χ3n) is 2.59. The number of hydrogen-bond acceptors (Lipinski definition) is 3. The average molecular weight is 216 g/mol. The molecule has 1 aliphatic rings. The maximum absolute atomic E-state index is 13.2. The maximum atomic E-state index is 13.2. The van der Waals surface area contributed by atoms with E-state index in [4.69, 9.17) is 11.6 Å². The van der Waals surface area contributed by atoms with Gasteiger partial charge in [0, 0.05) is 5.54 Å². The minimum absolute atomic E-state index is 0.0292. The number of halogens is 2. The van der Waals surface area contributed by atoms with E-state index in [1.165, 1.54) is 6.42 Å². The molecular formula is C9H11ClFN3. The summed E-state index contributed by atoms with van der Waals surface area (Å²) >= 11 is 5.58. The molecule has 0 amide bonds. The Kier molecular flexibility index (Phi) is 2.31. The van der Waals surface area contributed by atoms with Crippen molar-refractivity contribution in [1.82, 2.24) is 9.97 Å². The molecular weight excluding hydrogens is 205 g/mol. The molecule has 76 valence electrons. The summed E-state index contributed by atoms with van der Waals surface area (Å²) in [6.45, 7) is 2.05. The van der Waals surface area contributed by atoms with Gasteiger partial charge in [0.15, 0.2) is 11.6 Å². The summed E-state index contributed by atoms with van der Waals surface area (Å²) in [7, 11) is 0. The lowest BCUT2D eigenvalue weighted by atomic mass is 9.78. The lowest BCUT2D eigenvalue weighted by Gasteiger charge is -2.39. The first-order valence-corrected chi connectivity index (χ1v) is 4.93. The van der Waals surface area contributed by atoms with Crippen LogP contribution in [0.1, 0.15) is 26.2 Å². The average Bonchev–Trinajstić information content (AvgIpc) is 2.09. The lowest BCUT2D eigenvalue weighted by Crippen LogP contribution is -2.42. The maximum Gasteiger partial charge on any atom is 0.224 e. The summed E-state index contributed by atoms with van der Waals surface area (Å²) in [5.74, 6) is -0.255. The molecule has 1 heterocycles. The molecule has 14 heavy (non-hydrogen) atoms. The molecule has 0 bridgehead atoms. The number of aromatic nitrogens is 2. The number of nitrogens with zero attached hydrogens (tertiary/aromatic N) is 2. The molecule has 0 spiro atoms. The molecule has 1 aromatic heterocycles. The Hall–Kier alpha value is -0.900. The molecule has 1 aromatic rings. The minimum Gasteiger partial charge on any atom is -0.362 e. The molecule has 1 N–H and O–H groups in total. The Morgan fingerprint density at radius 1 is 1.57 bits per heavy atom. The largest absolute Gasteiger partial charge is 0.362 e. The topological polar surface area (TPSA) is 37.8 Å². The van der Waals surface area contributed by atoms with Crippen LogP contribution in [0.4, 0.5) is 10.2 Å². The first-order chi connectivity index (χ1) is 6.59. The van der Waals surface area contributed by atoms with Crippen LogP contribution in [-0.2, 0) is 0 Å². The first kappa shape index (κ1) is 9.65. The zero-order chi connectivity index (χ0) is 10.2. The third-order valence-corrected chi connectivity index (χ3v) is 2.77. The Morgan fingerprint density at radius 2 is 2.29 bits per heavy atom. The van der Waals surface area contributed by atoms with Gasteiger partial charge in [0.2, 0.25) is 5.28 Å². The monoisotopic (exact) mass is 215 g/mol. The molecule has 0 atom stereocenters. The van der Waals surface area contributed by atoms with E-state index < -0.39 is 5.82 Å². The summed E-state index contributed by atoms with van der Waals surface area (Å²) in [4.78, 5) is 7.36. The molecule has 1 aliphatic carbocycles. The van der Waals surface area contributed by atoms with E-state index in [0.29, 0.717) is 0 Å². The summed E-state index contributed by atoms with van der Waals surface area (Å²) in [5.41, 5.74) is -0.0292. The zero-order valence-corrected chi connectivity index (χ0v) is 8.60. The van der Waals surface area contributed by atoms with Crippen molar-refractivity contribution in [2.24, 2.45) is 0 Å². The van der Waals surface area contributed by atoms with Gasteiger partial charge in [0.1, 0.15) is 0 Å². The van der Waals surface area contributed by atoms with E-state index in [9.17, 15) is 4.39 Å². The van der Waals surface area contributed by atoms with E-state index >= 15 is 0 Å². The van der Waals surface area contributed by atoms with Crippen LogP contribution in [0.5, 0.6) is 0 Å². The highest BCUT2D eigenvalue weighted by molar-refractivity contribution is 6.28. The number of anilines is 1. The molecule has 3 nitrogen and oxygen atoms in total. The van der Waals surface area contributed by atoms with Gasteiger partial charge in [-0.2, -0.15) is 4.98 Å². The summed E-state index contributed by atoms with van der Waals surface area (Å²) in [5, 5.41) is 3.12. The van der Waals surface area contributed by atoms with E-state index in [-0.39, 0.29) is 16.6 Å². The van der Waals surface area contributed by atoms with Crippen molar-refractivity contribution in [3.05, 3.63) is 17.3 Å². The van der Waals surface area contributed by atoms with Gasteiger partial charge in [-0.1, -0.05) is 0 Å². The van der Waals surface area contributed by atoms with Crippen molar-refractivity contribution in [3.8, 4) is 0 Å². The van der Waals surface area contributed by atoms with Crippen LogP contribution in [0.3, 0.4) is 0 Å². The van der Waals surface area contributed by atoms with E-state index in [0.717, 1.165) is 19.0 Å². The number of rotatable bonds is 2. The molecule has 5 heteroatoms. The van der Waals surface area contributed by atoms with Crippen molar-refractivity contribution in [2.75, 3.05) is 5.32 Å². The first-order valence-electron chi connectivity index (χ1n) is 4.55. The SMILES string of the molecule is CC1(Nc2nc(Cl)ncc2F)CCC1. The Balaban J connectivity index is 2.19. The molecule has 1 saturated carbocycles. The van der Waals surface area contributed by atoms with Gasteiger partial charge in [-0.25, -0.2) is 9.37 Å². The molecule has 1 fully saturated rings. The van der Waals surface area contributed by atoms with Crippen LogP contribution < -0.4 is 5.32 Å². The van der Waals surface area contributed by atoms with Crippen molar-refractivity contribution in [3.63, 3.8) is 0 Å². The fraction of sp³-hybridized carbons (Fsp3) is 0.556. The van der Waals surface area contributed by atoms with Crippen LogP contribution in [0.2, 0.25) is 5.28 Å². The second-order valence-corrected chi connectivity index (χ2v) is 4.21. The minimum atomic E-state index is -0.456. The van der Waals surface area contributed by atoms with Crippen molar-refractivity contribution in [1.29, 1.82) is 0 Å². The van der Waals surface area contributed by atoms with Gasteiger partial charge in [0.05, 0.1) is 6.20 Å². The zero-order valence-electron chi connectivity index (χ0n) is 7.85. The molecule has 0 aromatic carbocycles. The van der Waals surface area contributed by atoms with Crippen molar-refractivity contribution in [2.45, 2.75) is 31.7 Å². The van der Waals surface area contributed by atoms with Crippen molar-refractivity contribution < 1.29 is 4.39 Å². The molecule has 0 aliphatic heterocycles. The number of nitrogens with one attached hydrogen (secondary N) is 1. The van der Waals surface area contributed by atoms with Crippen LogP contribution in [0, 0.1) is 5.82 Å². The third kappa shape index (κ3) is 1.80. The second-order valence-electron chi connectivity index (χ2n) is 3.87. The quantitative estimate of drug-likeness (QED) is 0.771. The fourth-order valence-corrected chi connectivity index (χ4v) is 1.68. The van der Waals surface area contributed by atoms with Crippen LogP contribution in [0.15, 0.2) is 6.20 Å². The lowest BCUT2D eigenvalue weighted by molar-refractivity contribution is 0.304. The Bertz CT molecular complexity index is 352. The van der Waals surface area contributed by atoms with Gasteiger partial charge in [0.25, 0.3) is 0 Å². The highest BCUT2D eigenvalue weighted by Crippen LogP contribution is 2.34. The predicted molar refractivity (Wildman–Crippen MR) is 52.9 cm³/mol. The highest BCUT2D eigenvalue weighted by atomic mass is 35.5. The van der Waals surface area contributed by atoms with Gasteiger partial charge in [-0.05, 0) is 37.8 Å². The summed E-state index contributed by atoms with van der Waals surface area (Å²) in [6, 6.07) is 0. The normalized spacial score (nSPS) is 18.8. The van der Waals surface area contributed by atoms with E-state index in [2.05, 4.69) is 15.3 Å². The summed E-state index contributed by atoms with van der Waals surface area (Å²) in [6.07, 6.45) is 4.33. The van der Waals surface area contributed by atoms with Gasteiger partial charge < -0.3 is 5.32 Å². The number of hydrogen-bond donors (Lipinski definition) is 1. The molecule has 0 radical (unpaired) electrons. The van der Waals surface area contributed by atoms with Crippen LogP contribution in [0.25, 0.3) is 0 Å². The van der Waals surface area contributed by atoms with Gasteiger partial charge >= 0.3 is 0 Å². The fourth-order valence-electron chi connectivity index (χ4n) is 1.55. The van der Waals surface area contributed by atoms with Gasteiger partial charge in [-0.15, -0.1) is 0 Å². The van der Waals surface area contributed by atoms with E-state index in [1.807, 2.05) is 6.92 Å². The van der Waals surface area contributed by atoms with Crippen molar-refractivity contribution >= 4 is 17.4 Å². The molecule has 2 rings (SSSR count). The smallest absolute Gasteiger partial charge is 0.224 e. The standard InChI is InChI=1S/C9H11ClFN3/c1-9(3-2-4-9)14-7-6(11)5-12-8(10)13-7/h5H,2-4H2,1H3,(H,12,13,14). The highest BCUT2D eigenvalue weighted by Gasteiger charge is 2.32. The summed E-state index contributed by atoms with van der Waals surface area (Å²) < 4.78 is 13.2. The molecule has 0 unspecified atom stereocenters. The Morgan fingerprint density at radius 3 is 2.86 bits per heavy atom.